The number of nitrogens with one attached hydrogen (secondary N) is 1. The van der Waals surface area contributed by atoms with Crippen molar-refractivity contribution < 1.29 is 4.74 Å². The lowest BCUT2D eigenvalue weighted by molar-refractivity contribution is 0.181. The predicted molar refractivity (Wildman–Crippen MR) is 82.6 cm³/mol. The van der Waals surface area contributed by atoms with Crippen LogP contribution in [0.3, 0.4) is 0 Å². The number of aryl methyl sites for hydroxylation is 1. The molecule has 2 aromatic heterocycles. The van der Waals surface area contributed by atoms with Crippen molar-refractivity contribution in [3.05, 3.63) is 34.2 Å². The van der Waals surface area contributed by atoms with Gasteiger partial charge >= 0.3 is 0 Å². The summed E-state index contributed by atoms with van der Waals surface area (Å²) in [6.45, 7) is 2.52. The molecule has 0 unspecified atom stereocenters. The molecule has 20 heavy (non-hydrogen) atoms. The first kappa shape index (κ1) is 14.9. The Labute approximate surface area is 127 Å². The van der Waals surface area contributed by atoms with E-state index in [2.05, 4.69) is 43.1 Å². The quantitative estimate of drug-likeness (QED) is 0.909. The molecule has 0 aliphatic carbocycles. The lowest BCUT2D eigenvalue weighted by Crippen LogP contribution is -2.05. The summed E-state index contributed by atoms with van der Waals surface area (Å²) >= 11 is 3.50. The van der Waals surface area contributed by atoms with Gasteiger partial charge in [0.1, 0.15) is 5.82 Å². The summed E-state index contributed by atoms with van der Waals surface area (Å²) in [5.74, 6) is 1.43. The molecule has 5 nitrogen and oxygen atoms in total. The molecule has 0 bridgehead atoms. The van der Waals surface area contributed by atoms with Crippen LogP contribution in [0.4, 0.5) is 5.82 Å². The van der Waals surface area contributed by atoms with Gasteiger partial charge in [0.2, 0.25) is 0 Å². The Morgan fingerprint density at radius 1 is 1.35 bits per heavy atom. The van der Waals surface area contributed by atoms with Gasteiger partial charge in [-0.25, -0.2) is 9.97 Å². The molecule has 0 saturated heterocycles. The number of ether oxygens (including phenoxy) is 1. The van der Waals surface area contributed by atoms with Gasteiger partial charge in [0.25, 0.3) is 0 Å². The van der Waals surface area contributed by atoms with Gasteiger partial charge in [-0.2, -0.15) is 0 Å². The van der Waals surface area contributed by atoms with Crippen LogP contribution in [0, 0.1) is 0 Å². The zero-order valence-corrected chi connectivity index (χ0v) is 13.4. The second kappa shape index (κ2) is 6.76. The number of hydrogen-bond donors (Lipinski definition) is 1. The number of hydrogen-bond acceptors (Lipinski definition) is 5. The highest BCUT2D eigenvalue weighted by Crippen LogP contribution is 2.28. The minimum absolute atomic E-state index is 0.428. The van der Waals surface area contributed by atoms with Crippen LogP contribution >= 0.6 is 15.9 Å². The van der Waals surface area contributed by atoms with E-state index in [1.54, 1.807) is 13.3 Å². The van der Waals surface area contributed by atoms with Crippen molar-refractivity contribution in [2.45, 2.75) is 20.0 Å². The molecule has 0 saturated carbocycles. The van der Waals surface area contributed by atoms with Gasteiger partial charge in [0, 0.05) is 32.1 Å². The van der Waals surface area contributed by atoms with Crippen molar-refractivity contribution in [2.75, 3.05) is 19.5 Å². The number of rotatable bonds is 5. The topological polar surface area (TPSA) is 59.9 Å². The largest absolute Gasteiger partial charge is 0.378 e. The van der Waals surface area contributed by atoms with Gasteiger partial charge in [-0.05, 0) is 34.0 Å². The van der Waals surface area contributed by atoms with E-state index in [0.717, 1.165) is 33.5 Å². The Hall–Kier alpha value is -1.53. The second-order valence-electron chi connectivity index (χ2n) is 4.23. The molecule has 0 atom stereocenters. The van der Waals surface area contributed by atoms with Gasteiger partial charge in [-0.1, -0.05) is 6.92 Å². The van der Waals surface area contributed by atoms with E-state index < -0.39 is 0 Å². The summed E-state index contributed by atoms with van der Waals surface area (Å²) in [6, 6.07) is 1.94. The number of halogens is 1. The van der Waals surface area contributed by atoms with Crippen LogP contribution in [0.1, 0.15) is 18.2 Å². The highest BCUT2D eigenvalue weighted by Gasteiger charge is 2.14. The first-order valence-corrected chi connectivity index (χ1v) is 7.16. The maximum absolute atomic E-state index is 5.20. The SMILES string of the molecule is CCc1cnccc1-c1nc(COC)c(Br)c(NC)n1. The monoisotopic (exact) mass is 336 g/mol. The summed E-state index contributed by atoms with van der Waals surface area (Å²) < 4.78 is 6.03. The van der Waals surface area contributed by atoms with E-state index in [4.69, 9.17) is 4.74 Å². The van der Waals surface area contributed by atoms with Gasteiger partial charge in [0.15, 0.2) is 5.82 Å². The normalized spacial score (nSPS) is 10.6. The van der Waals surface area contributed by atoms with Crippen LogP contribution in [0.25, 0.3) is 11.4 Å². The molecule has 0 aromatic carbocycles. The first-order chi connectivity index (χ1) is 9.71. The van der Waals surface area contributed by atoms with Gasteiger partial charge in [-0.3, -0.25) is 4.98 Å². The fraction of sp³-hybridized carbons (Fsp3) is 0.357. The molecule has 0 aliphatic rings. The van der Waals surface area contributed by atoms with Crippen molar-refractivity contribution in [2.24, 2.45) is 0 Å². The summed E-state index contributed by atoms with van der Waals surface area (Å²) in [7, 11) is 3.48. The molecule has 2 rings (SSSR count). The minimum Gasteiger partial charge on any atom is -0.378 e. The van der Waals surface area contributed by atoms with Gasteiger partial charge in [-0.15, -0.1) is 0 Å². The van der Waals surface area contributed by atoms with E-state index in [0.29, 0.717) is 12.4 Å². The average Bonchev–Trinajstić information content (AvgIpc) is 2.49. The molecule has 0 fully saturated rings. The molecular weight excluding hydrogens is 320 g/mol. The minimum atomic E-state index is 0.428. The van der Waals surface area contributed by atoms with E-state index in [-0.39, 0.29) is 0 Å². The number of pyridine rings is 1. The Balaban J connectivity index is 2.59. The number of nitrogens with zero attached hydrogens (tertiary/aromatic N) is 3. The molecule has 0 radical (unpaired) electrons. The van der Waals surface area contributed by atoms with E-state index in [1.807, 2.05) is 19.3 Å². The Morgan fingerprint density at radius 3 is 2.80 bits per heavy atom. The van der Waals surface area contributed by atoms with Crippen LogP contribution in [0.5, 0.6) is 0 Å². The predicted octanol–water partition coefficient (Wildman–Crippen LogP) is 3.05. The lowest BCUT2D eigenvalue weighted by Gasteiger charge is -2.12. The standard InChI is InChI=1S/C14H17BrN4O/c1-4-9-7-17-6-5-10(9)13-18-11(8-20-3)12(15)14(16-2)19-13/h5-7H,4,8H2,1-3H3,(H,16,18,19). The summed E-state index contributed by atoms with van der Waals surface area (Å²) in [6.07, 6.45) is 4.50. The third-order valence-corrected chi connectivity index (χ3v) is 3.80. The number of methoxy groups -OCH3 is 1. The van der Waals surface area contributed by atoms with Crippen molar-refractivity contribution >= 4 is 21.7 Å². The van der Waals surface area contributed by atoms with Crippen molar-refractivity contribution in [3.8, 4) is 11.4 Å². The fourth-order valence-electron chi connectivity index (χ4n) is 1.94. The Bertz CT molecular complexity index is 604. The molecule has 2 aromatic rings. The van der Waals surface area contributed by atoms with Crippen molar-refractivity contribution in [1.29, 1.82) is 0 Å². The van der Waals surface area contributed by atoms with E-state index in [1.165, 1.54) is 0 Å². The van der Waals surface area contributed by atoms with Crippen molar-refractivity contribution in [3.63, 3.8) is 0 Å². The highest BCUT2D eigenvalue weighted by atomic mass is 79.9. The van der Waals surface area contributed by atoms with Crippen LogP contribution in [-0.2, 0) is 17.8 Å². The first-order valence-electron chi connectivity index (χ1n) is 6.37. The fourth-order valence-corrected chi connectivity index (χ4v) is 2.43. The third-order valence-electron chi connectivity index (χ3n) is 2.96. The molecule has 106 valence electrons. The average molecular weight is 337 g/mol. The van der Waals surface area contributed by atoms with Gasteiger partial charge < -0.3 is 10.1 Å². The smallest absolute Gasteiger partial charge is 0.162 e. The molecule has 0 aliphatic heterocycles. The van der Waals surface area contributed by atoms with Crippen LogP contribution < -0.4 is 5.32 Å². The third kappa shape index (κ3) is 2.96. The molecule has 0 amide bonds. The Morgan fingerprint density at radius 2 is 2.15 bits per heavy atom. The molecule has 6 heteroatoms. The van der Waals surface area contributed by atoms with Gasteiger partial charge in [0.05, 0.1) is 16.8 Å². The molecule has 1 N–H and O–H groups in total. The summed E-state index contributed by atoms with van der Waals surface area (Å²) in [5, 5.41) is 3.07. The summed E-state index contributed by atoms with van der Waals surface area (Å²) in [4.78, 5) is 13.3. The molecular formula is C14H17BrN4O. The van der Waals surface area contributed by atoms with Crippen LogP contribution in [0.2, 0.25) is 0 Å². The Kier molecular flexibility index (Phi) is 5.03. The maximum Gasteiger partial charge on any atom is 0.162 e. The number of anilines is 1. The van der Waals surface area contributed by atoms with E-state index >= 15 is 0 Å². The van der Waals surface area contributed by atoms with E-state index in [9.17, 15) is 0 Å². The number of aromatic nitrogens is 3. The molecule has 2 heterocycles. The zero-order valence-electron chi connectivity index (χ0n) is 11.8. The lowest BCUT2D eigenvalue weighted by atomic mass is 10.1. The van der Waals surface area contributed by atoms with Crippen molar-refractivity contribution in [1.82, 2.24) is 15.0 Å². The zero-order chi connectivity index (χ0) is 14.5. The molecule has 0 spiro atoms. The maximum atomic E-state index is 5.20. The van der Waals surface area contributed by atoms with Crippen LogP contribution in [0.15, 0.2) is 22.9 Å². The highest BCUT2D eigenvalue weighted by molar-refractivity contribution is 9.10. The summed E-state index contributed by atoms with van der Waals surface area (Å²) in [5.41, 5.74) is 2.95. The second-order valence-corrected chi connectivity index (χ2v) is 5.02. The van der Waals surface area contributed by atoms with Crippen LogP contribution in [-0.4, -0.2) is 29.1 Å².